The Morgan fingerprint density at radius 3 is 2.71 bits per heavy atom. The van der Waals surface area contributed by atoms with Crippen LogP contribution in [0.3, 0.4) is 0 Å². The van der Waals surface area contributed by atoms with Gasteiger partial charge in [-0.3, -0.25) is 0 Å². The molecule has 2 atom stereocenters. The van der Waals surface area contributed by atoms with E-state index in [4.69, 9.17) is 4.74 Å². The van der Waals surface area contributed by atoms with Crippen LogP contribution in [-0.2, 0) is 4.74 Å². The third-order valence-electron chi connectivity index (χ3n) is 3.93. The molecule has 3 heteroatoms. The van der Waals surface area contributed by atoms with Crippen LogP contribution in [0.25, 0.3) is 0 Å². The first kappa shape index (κ1) is 10.4. The highest BCUT2D eigenvalue weighted by Gasteiger charge is 2.43. The largest absolute Gasteiger partial charge is 0.389 e. The van der Waals surface area contributed by atoms with Gasteiger partial charge in [-0.1, -0.05) is 6.92 Å². The summed E-state index contributed by atoms with van der Waals surface area (Å²) in [6.07, 6.45) is 2.96. The predicted molar refractivity (Wildman–Crippen MR) is 55.1 cm³/mol. The molecule has 2 rings (SSSR count). The van der Waals surface area contributed by atoms with Crippen LogP contribution in [0.5, 0.6) is 0 Å². The van der Waals surface area contributed by atoms with Crippen molar-refractivity contribution in [2.24, 2.45) is 11.8 Å². The fourth-order valence-electron chi connectivity index (χ4n) is 2.83. The molecule has 82 valence electrons. The molecule has 0 aromatic rings. The molecular formula is C11H21NO2. The standard InChI is InChI=1S/C11H21NO2/c1-9-8-12-5-4-11(9,13)10-2-6-14-7-3-10/h9-10,12-13H,2-8H2,1H3. The average Bonchev–Trinajstić information content (AvgIpc) is 2.24. The predicted octanol–water partition coefficient (Wildman–Crippen LogP) is 0.773. The summed E-state index contributed by atoms with van der Waals surface area (Å²) >= 11 is 0. The van der Waals surface area contributed by atoms with E-state index in [0.29, 0.717) is 11.8 Å². The maximum absolute atomic E-state index is 10.7. The Kier molecular flexibility index (Phi) is 3.10. The lowest BCUT2D eigenvalue weighted by molar-refractivity contribution is -0.112. The molecule has 0 saturated carbocycles. The van der Waals surface area contributed by atoms with Gasteiger partial charge in [0.05, 0.1) is 5.60 Å². The highest BCUT2D eigenvalue weighted by molar-refractivity contribution is 4.95. The van der Waals surface area contributed by atoms with Crippen LogP contribution in [0.4, 0.5) is 0 Å². The minimum Gasteiger partial charge on any atom is -0.389 e. The summed E-state index contributed by atoms with van der Waals surface area (Å²) in [5.74, 6) is 0.827. The molecule has 0 aromatic heterocycles. The number of aliphatic hydroxyl groups is 1. The topological polar surface area (TPSA) is 41.5 Å². The molecule has 2 N–H and O–H groups in total. The van der Waals surface area contributed by atoms with Gasteiger partial charge in [0.25, 0.3) is 0 Å². The number of piperidine rings is 1. The molecule has 0 spiro atoms. The van der Waals surface area contributed by atoms with Gasteiger partial charge in [0, 0.05) is 19.8 Å². The van der Waals surface area contributed by atoms with Crippen LogP contribution in [0.15, 0.2) is 0 Å². The normalized spacial score (nSPS) is 41.1. The van der Waals surface area contributed by atoms with Gasteiger partial charge >= 0.3 is 0 Å². The van der Waals surface area contributed by atoms with Gasteiger partial charge in [0.1, 0.15) is 0 Å². The van der Waals surface area contributed by atoms with Gasteiger partial charge in [-0.15, -0.1) is 0 Å². The first-order valence-electron chi connectivity index (χ1n) is 5.74. The minimum absolute atomic E-state index is 0.374. The SMILES string of the molecule is CC1CNCCC1(O)C1CCOCC1. The van der Waals surface area contributed by atoms with Crippen molar-refractivity contribution in [1.29, 1.82) is 0 Å². The van der Waals surface area contributed by atoms with Crippen LogP contribution < -0.4 is 5.32 Å². The number of ether oxygens (including phenoxy) is 1. The van der Waals surface area contributed by atoms with Crippen LogP contribution >= 0.6 is 0 Å². The molecule has 0 bridgehead atoms. The number of rotatable bonds is 1. The van der Waals surface area contributed by atoms with Crippen molar-refractivity contribution in [2.45, 2.75) is 31.8 Å². The number of hydrogen-bond acceptors (Lipinski definition) is 3. The van der Waals surface area contributed by atoms with Crippen molar-refractivity contribution in [1.82, 2.24) is 5.32 Å². The van der Waals surface area contributed by atoms with Crippen LogP contribution in [-0.4, -0.2) is 37.0 Å². The van der Waals surface area contributed by atoms with Gasteiger partial charge in [-0.05, 0) is 37.6 Å². The summed E-state index contributed by atoms with van der Waals surface area (Å²) in [6, 6.07) is 0. The second-order valence-corrected chi connectivity index (χ2v) is 4.73. The van der Waals surface area contributed by atoms with Gasteiger partial charge in [-0.25, -0.2) is 0 Å². The lowest BCUT2D eigenvalue weighted by Gasteiger charge is -2.45. The van der Waals surface area contributed by atoms with E-state index in [1.807, 2.05) is 0 Å². The van der Waals surface area contributed by atoms with E-state index in [0.717, 1.165) is 45.6 Å². The first-order valence-corrected chi connectivity index (χ1v) is 5.74. The third kappa shape index (κ3) is 1.81. The Morgan fingerprint density at radius 1 is 1.36 bits per heavy atom. The lowest BCUT2D eigenvalue weighted by Crippen LogP contribution is -2.54. The summed E-state index contributed by atoms with van der Waals surface area (Å²) in [7, 11) is 0. The van der Waals surface area contributed by atoms with Crippen molar-refractivity contribution < 1.29 is 9.84 Å². The van der Waals surface area contributed by atoms with E-state index in [1.54, 1.807) is 0 Å². The van der Waals surface area contributed by atoms with E-state index in [1.165, 1.54) is 0 Å². The minimum atomic E-state index is -0.435. The highest BCUT2D eigenvalue weighted by atomic mass is 16.5. The molecule has 3 nitrogen and oxygen atoms in total. The highest BCUT2D eigenvalue weighted by Crippen LogP contribution is 2.37. The van der Waals surface area contributed by atoms with Gasteiger partial charge in [0.2, 0.25) is 0 Å². The van der Waals surface area contributed by atoms with Crippen molar-refractivity contribution in [2.75, 3.05) is 26.3 Å². The smallest absolute Gasteiger partial charge is 0.0727 e. The van der Waals surface area contributed by atoms with Crippen molar-refractivity contribution in [3.8, 4) is 0 Å². The third-order valence-corrected chi connectivity index (χ3v) is 3.93. The maximum Gasteiger partial charge on any atom is 0.0727 e. The second-order valence-electron chi connectivity index (χ2n) is 4.73. The molecule has 14 heavy (non-hydrogen) atoms. The van der Waals surface area contributed by atoms with E-state index < -0.39 is 5.60 Å². The quantitative estimate of drug-likeness (QED) is 0.655. The van der Waals surface area contributed by atoms with Crippen molar-refractivity contribution >= 4 is 0 Å². The molecule has 0 aliphatic carbocycles. The lowest BCUT2D eigenvalue weighted by atomic mass is 9.70. The first-order chi connectivity index (χ1) is 6.73. The number of nitrogens with one attached hydrogen (secondary N) is 1. The Bertz CT molecular complexity index is 192. The van der Waals surface area contributed by atoms with Crippen molar-refractivity contribution in [3.63, 3.8) is 0 Å². The number of hydrogen-bond donors (Lipinski definition) is 2. The molecule has 2 saturated heterocycles. The molecule has 0 amide bonds. The zero-order valence-electron chi connectivity index (χ0n) is 8.96. The molecule has 0 aromatic carbocycles. The Morgan fingerprint density at radius 2 is 2.07 bits per heavy atom. The van der Waals surface area contributed by atoms with Gasteiger partial charge < -0.3 is 15.2 Å². The summed E-state index contributed by atoms with van der Waals surface area (Å²) < 4.78 is 5.34. The van der Waals surface area contributed by atoms with E-state index in [-0.39, 0.29) is 0 Å². The Labute approximate surface area is 85.8 Å². The summed E-state index contributed by atoms with van der Waals surface area (Å²) in [4.78, 5) is 0. The van der Waals surface area contributed by atoms with Crippen LogP contribution in [0, 0.1) is 11.8 Å². The molecular weight excluding hydrogens is 178 g/mol. The molecule has 2 aliphatic heterocycles. The van der Waals surface area contributed by atoms with Crippen molar-refractivity contribution in [3.05, 3.63) is 0 Å². The fourth-order valence-corrected chi connectivity index (χ4v) is 2.83. The zero-order valence-corrected chi connectivity index (χ0v) is 8.96. The van der Waals surface area contributed by atoms with Gasteiger partial charge in [-0.2, -0.15) is 0 Å². The summed E-state index contributed by atoms with van der Waals surface area (Å²) in [6.45, 7) is 5.72. The van der Waals surface area contributed by atoms with E-state index in [9.17, 15) is 5.11 Å². The Hall–Kier alpha value is -0.120. The van der Waals surface area contributed by atoms with Gasteiger partial charge in [0.15, 0.2) is 0 Å². The molecule has 2 aliphatic rings. The van der Waals surface area contributed by atoms with E-state index in [2.05, 4.69) is 12.2 Å². The molecule has 2 fully saturated rings. The fraction of sp³-hybridized carbons (Fsp3) is 1.00. The summed E-state index contributed by atoms with van der Waals surface area (Å²) in [5, 5.41) is 14.0. The molecule has 2 heterocycles. The second kappa shape index (κ2) is 4.17. The van der Waals surface area contributed by atoms with E-state index >= 15 is 0 Å². The van der Waals surface area contributed by atoms with Crippen LogP contribution in [0.1, 0.15) is 26.2 Å². The average molecular weight is 199 g/mol. The zero-order chi connectivity index (χ0) is 10.0. The maximum atomic E-state index is 10.7. The molecule has 2 unspecified atom stereocenters. The summed E-state index contributed by atoms with van der Waals surface area (Å²) in [5.41, 5.74) is -0.435. The Balaban J connectivity index is 2.03. The monoisotopic (exact) mass is 199 g/mol. The molecule has 0 radical (unpaired) electrons. The van der Waals surface area contributed by atoms with Crippen LogP contribution in [0.2, 0.25) is 0 Å².